The molecule has 5 heteroatoms. The Kier molecular flexibility index (Phi) is 3.41. The fourth-order valence-electron chi connectivity index (χ4n) is 1.66. The first-order valence-electron chi connectivity index (χ1n) is 5.50. The first kappa shape index (κ1) is 12.3. The summed E-state index contributed by atoms with van der Waals surface area (Å²) in [7, 11) is 0. The Labute approximate surface area is 103 Å². The average molecular weight is 249 g/mol. The normalized spacial score (nSPS) is 10.6. The predicted molar refractivity (Wildman–Crippen MR) is 62.0 cm³/mol. The molecule has 0 aliphatic rings. The third-order valence-electron chi connectivity index (χ3n) is 2.58. The smallest absolute Gasteiger partial charge is 0.373 e. The van der Waals surface area contributed by atoms with Gasteiger partial charge in [-0.2, -0.15) is 0 Å². The van der Waals surface area contributed by atoms with Crippen molar-refractivity contribution in [3.8, 4) is 0 Å². The first-order valence-corrected chi connectivity index (χ1v) is 5.50. The lowest BCUT2D eigenvalue weighted by molar-refractivity contribution is 0.0659. The summed E-state index contributed by atoms with van der Waals surface area (Å²) >= 11 is 0. The molecule has 1 heterocycles. The summed E-state index contributed by atoms with van der Waals surface area (Å²) in [6.45, 7) is 1.59. The standard InChI is InChI=1S/C13H12FNO3/c1-8-12(13(16)17)18-11(15-8)7-4-9-2-5-10(14)6-3-9/h2-3,5-6H,4,7H2,1H3,(H,16,17). The van der Waals surface area contributed by atoms with Crippen molar-refractivity contribution in [1.29, 1.82) is 0 Å². The summed E-state index contributed by atoms with van der Waals surface area (Å²) in [6.07, 6.45) is 1.11. The van der Waals surface area contributed by atoms with E-state index in [2.05, 4.69) is 4.98 Å². The van der Waals surface area contributed by atoms with Gasteiger partial charge in [0.05, 0.1) is 5.69 Å². The van der Waals surface area contributed by atoms with Gasteiger partial charge < -0.3 is 9.52 Å². The molecule has 2 rings (SSSR count). The SMILES string of the molecule is Cc1nc(CCc2ccc(F)cc2)oc1C(=O)O. The van der Waals surface area contributed by atoms with Gasteiger partial charge in [-0.1, -0.05) is 12.1 Å². The van der Waals surface area contributed by atoms with Crippen LogP contribution in [-0.2, 0) is 12.8 Å². The Morgan fingerprint density at radius 3 is 2.56 bits per heavy atom. The fourth-order valence-corrected chi connectivity index (χ4v) is 1.66. The number of hydrogen-bond acceptors (Lipinski definition) is 3. The maximum atomic E-state index is 12.7. The van der Waals surface area contributed by atoms with Crippen LogP contribution < -0.4 is 0 Å². The molecule has 94 valence electrons. The summed E-state index contributed by atoms with van der Waals surface area (Å²) in [5, 5.41) is 8.82. The van der Waals surface area contributed by atoms with Crippen molar-refractivity contribution >= 4 is 5.97 Å². The van der Waals surface area contributed by atoms with E-state index in [4.69, 9.17) is 9.52 Å². The lowest BCUT2D eigenvalue weighted by atomic mass is 10.1. The number of hydrogen-bond donors (Lipinski definition) is 1. The van der Waals surface area contributed by atoms with Crippen molar-refractivity contribution in [2.24, 2.45) is 0 Å². The van der Waals surface area contributed by atoms with E-state index in [1.807, 2.05) is 0 Å². The molecule has 0 aliphatic carbocycles. The Morgan fingerprint density at radius 1 is 1.33 bits per heavy atom. The van der Waals surface area contributed by atoms with Crippen LogP contribution in [0.3, 0.4) is 0 Å². The van der Waals surface area contributed by atoms with Crippen molar-refractivity contribution < 1.29 is 18.7 Å². The summed E-state index contributed by atoms with van der Waals surface area (Å²) < 4.78 is 17.8. The minimum Gasteiger partial charge on any atom is -0.475 e. The number of carboxylic acid groups (broad SMARTS) is 1. The van der Waals surface area contributed by atoms with Gasteiger partial charge in [0.15, 0.2) is 5.89 Å². The first-order chi connectivity index (χ1) is 8.56. The molecule has 0 spiro atoms. The molecule has 0 radical (unpaired) electrons. The van der Waals surface area contributed by atoms with E-state index in [9.17, 15) is 9.18 Å². The second kappa shape index (κ2) is 5.00. The van der Waals surface area contributed by atoms with Gasteiger partial charge in [0.2, 0.25) is 5.76 Å². The van der Waals surface area contributed by atoms with Gasteiger partial charge in [-0.3, -0.25) is 0 Å². The number of aryl methyl sites for hydroxylation is 3. The van der Waals surface area contributed by atoms with E-state index in [1.54, 1.807) is 19.1 Å². The number of halogens is 1. The summed E-state index contributed by atoms with van der Waals surface area (Å²) in [5.41, 5.74) is 1.32. The van der Waals surface area contributed by atoms with Gasteiger partial charge in [0.1, 0.15) is 5.82 Å². The second-order valence-corrected chi connectivity index (χ2v) is 3.95. The topological polar surface area (TPSA) is 63.3 Å². The van der Waals surface area contributed by atoms with Crippen molar-refractivity contribution in [3.05, 3.63) is 53.0 Å². The molecule has 1 aromatic heterocycles. The monoisotopic (exact) mass is 249 g/mol. The lowest BCUT2D eigenvalue weighted by Crippen LogP contribution is -1.95. The van der Waals surface area contributed by atoms with Gasteiger partial charge in [0, 0.05) is 6.42 Å². The highest BCUT2D eigenvalue weighted by Gasteiger charge is 2.15. The molecular formula is C13H12FNO3. The van der Waals surface area contributed by atoms with E-state index in [0.717, 1.165) is 5.56 Å². The van der Waals surface area contributed by atoms with Gasteiger partial charge in [-0.05, 0) is 31.0 Å². The largest absolute Gasteiger partial charge is 0.475 e. The third kappa shape index (κ3) is 2.74. The van der Waals surface area contributed by atoms with E-state index in [0.29, 0.717) is 24.4 Å². The number of carbonyl (C=O) groups is 1. The number of oxazole rings is 1. The second-order valence-electron chi connectivity index (χ2n) is 3.95. The molecule has 0 saturated carbocycles. The molecule has 0 atom stereocenters. The Hall–Kier alpha value is -2.17. The minimum atomic E-state index is -1.12. The van der Waals surface area contributed by atoms with Gasteiger partial charge in [-0.25, -0.2) is 14.2 Å². The van der Waals surface area contributed by atoms with Crippen molar-refractivity contribution in [3.63, 3.8) is 0 Å². The predicted octanol–water partition coefficient (Wildman–Crippen LogP) is 2.61. The van der Waals surface area contributed by atoms with Crippen molar-refractivity contribution in [1.82, 2.24) is 4.98 Å². The van der Waals surface area contributed by atoms with Gasteiger partial charge >= 0.3 is 5.97 Å². The molecule has 1 aromatic carbocycles. The van der Waals surface area contributed by atoms with E-state index < -0.39 is 5.97 Å². The zero-order valence-corrected chi connectivity index (χ0v) is 9.81. The van der Waals surface area contributed by atoms with Crippen LogP contribution in [0.25, 0.3) is 0 Å². The van der Waals surface area contributed by atoms with Crippen molar-refractivity contribution in [2.45, 2.75) is 19.8 Å². The van der Waals surface area contributed by atoms with Crippen LogP contribution >= 0.6 is 0 Å². The zero-order chi connectivity index (χ0) is 13.1. The molecule has 0 fully saturated rings. The highest BCUT2D eigenvalue weighted by Crippen LogP contribution is 2.13. The fraction of sp³-hybridized carbons (Fsp3) is 0.231. The number of aromatic carboxylic acids is 1. The molecule has 0 aliphatic heterocycles. The molecule has 1 N–H and O–H groups in total. The molecule has 2 aromatic rings. The molecule has 18 heavy (non-hydrogen) atoms. The Balaban J connectivity index is 2.04. The number of nitrogens with zero attached hydrogens (tertiary/aromatic N) is 1. The maximum absolute atomic E-state index is 12.7. The molecule has 0 saturated heterocycles. The highest BCUT2D eigenvalue weighted by atomic mass is 19.1. The van der Waals surface area contributed by atoms with E-state index in [1.165, 1.54) is 12.1 Å². The number of aromatic nitrogens is 1. The molecule has 4 nitrogen and oxygen atoms in total. The zero-order valence-electron chi connectivity index (χ0n) is 9.81. The van der Waals surface area contributed by atoms with Crippen LogP contribution in [0.15, 0.2) is 28.7 Å². The lowest BCUT2D eigenvalue weighted by Gasteiger charge is -1.98. The molecule has 0 amide bonds. The van der Waals surface area contributed by atoms with Gasteiger partial charge in [0.25, 0.3) is 0 Å². The van der Waals surface area contributed by atoms with Crippen LogP contribution in [0.5, 0.6) is 0 Å². The summed E-state index contributed by atoms with van der Waals surface area (Å²) in [5.74, 6) is -1.13. The highest BCUT2D eigenvalue weighted by molar-refractivity contribution is 5.85. The summed E-state index contributed by atoms with van der Waals surface area (Å²) in [6, 6.07) is 6.14. The minimum absolute atomic E-state index is 0.121. The van der Waals surface area contributed by atoms with Crippen molar-refractivity contribution in [2.75, 3.05) is 0 Å². The Morgan fingerprint density at radius 2 is 2.00 bits per heavy atom. The third-order valence-corrected chi connectivity index (χ3v) is 2.58. The van der Waals surface area contributed by atoms with E-state index in [-0.39, 0.29) is 11.6 Å². The Bertz CT molecular complexity index is 560. The molecule has 0 bridgehead atoms. The number of carboxylic acids is 1. The summed E-state index contributed by atoms with van der Waals surface area (Å²) in [4.78, 5) is 14.8. The van der Waals surface area contributed by atoms with Crippen LogP contribution in [-0.4, -0.2) is 16.1 Å². The molecular weight excluding hydrogens is 237 g/mol. The van der Waals surface area contributed by atoms with Crippen LogP contribution in [0.2, 0.25) is 0 Å². The average Bonchev–Trinajstić information content (AvgIpc) is 2.70. The number of rotatable bonds is 4. The quantitative estimate of drug-likeness (QED) is 0.904. The maximum Gasteiger partial charge on any atom is 0.373 e. The van der Waals surface area contributed by atoms with Crippen LogP contribution in [0.1, 0.15) is 27.7 Å². The molecule has 0 unspecified atom stereocenters. The van der Waals surface area contributed by atoms with Crippen LogP contribution in [0.4, 0.5) is 4.39 Å². The van der Waals surface area contributed by atoms with Crippen LogP contribution in [0, 0.1) is 12.7 Å². The van der Waals surface area contributed by atoms with E-state index >= 15 is 0 Å². The number of benzene rings is 1. The van der Waals surface area contributed by atoms with Gasteiger partial charge in [-0.15, -0.1) is 0 Å².